The molecule has 1 heterocycles. The molecule has 0 atom stereocenters. The molecule has 2 aliphatic carbocycles. The van der Waals surface area contributed by atoms with Gasteiger partial charge in [0.2, 0.25) is 0 Å². The Labute approximate surface area is 109 Å². The van der Waals surface area contributed by atoms with Crippen LogP contribution in [0.25, 0.3) is 0 Å². The molecule has 0 bridgehead atoms. The van der Waals surface area contributed by atoms with E-state index in [2.05, 4.69) is 4.98 Å². The molecule has 1 aromatic rings. The van der Waals surface area contributed by atoms with Crippen molar-refractivity contribution in [2.75, 3.05) is 17.2 Å². The van der Waals surface area contributed by atoms with Crippen LogP contribution < -0.4 is 10.6 Å². The summed E-state index contributed by atoms with van der Waals surface area (Å²) >= 11 is 0. The van der Waals surface area contributed by atoms with E-state index in [4.69, 9.17) is 5.73 Å². The summed E-state index contributed by atoms with van der Waals surface area (Å²) in [4.78, 5) is 5.44. The minimum atomic E-state index is -4.42. The highest BCUT2D eigenvalue weighted by Gasteiger charge is 2.37. The summed E-state index contributed by atoms with van der Waals surface area (Å²) in [5.74, 6) is 0.613. The van der Waals surface area contributed by atoms with Gasteiger partial charge in [-0.3, -0.25) is 0 Å². The fraction of sp³-hybridized carbons (Fsp3) is 0.615. The van der Waals surface area contributed by atoms with Gasteiger partial charge in [-0.15, -0.1) is 0 Å². The summed E-state index contributed by atoms with van der Waals surface area (Å²) in [6.45, 7) is 0.816. The molecule has 0 spiro atoms. The molecule has 0 aromatic carbocycles. The molecule has 19 heavy (non-hydrogen) atoms. The lowest BCUT2D eigenvalue weighted by Crippen LogP contribution is -2.29. The van der Waals surface area contributed by atoms with Crippen molar-refractivity contribution in [1.82, 2.24) is 4.98 Å². The summed E-state index contributed by atoms with van der Waals surface area (Å²) in [5, 5.41) is 0. The van der Waals surface area contributed by atoms with Crippen molar-refractivity contribution in [1.29, 1.82) is 0 Å². The summed E-state index contributed by atoms with van der Waals surface area (Å²) in [6.07, 6.45) is 1.12. The summed E-state index contributed by atoms with van der Waals surface area (Å²) < 4.78 is 38.2. The highest BCUT2D eigenvalue weighted by Crippen LogP contribution is 2.41. The van der Waals surface area contributed by atoms with E-state index in [1.54, 1.807) is 0 Å². The van der Waals surface area contributed by atoms with E-state index < -0.39 is 11.9 Å². The summed E-state index contributed by atoms with van der Waals surface area (Å²) in [6, 6.07) is 1.45. The molecule has 2 N–H and O–H groups in total. The molecule has 3 rings (SSSR count). The number of aromatic nitrogens is 1. The Kier molecular flexibility index (Phi) is 2.83. The fourth-order valence-electron chi connectivity index (χ4n) is 2.27. The van der Waals surface area contributed by atoms with Gasteiger partial charge >= 0.3 is 6.18 Å². The third-order valence-corrected chi connectivity index (χ3v) is 3.65. The van der Waals surface area contributed by atoms with Gasteiger partial charge in [-0.1, -0.05) is 0 Å². The van der Waals surface area contributed by atoms with E-state index in [0.717, 1.165) is 31.6 Å². The second kappa shape index (κ2) is 4.28. The maximum absolute atomic E-state index is 12.7. The Hall–Kier alpha value is -1.46. The van der Waals surface area contributed by atoms with Gasteiger partial charge in [0.05, 0.1) is 17.6 Å². The largest absolute Gasteiger partial charge is 0.433 e. The first-order valence-corrected chi connectivity index (χ1v) is 6.54. The third-order valence-electron chi connectivity index (χ3n) is 3.65. The molecule has 1 aromatic heterocycles. The average Bonchev–Trinajstić information content (AvgIpc) is 3.19. The smallest absolute Gasteiger partial charge is 0.396 e. The fourth-order valence-corrected chi connectivity index (χ4v) is 2.27. The first-order valence-electron chi connectivity index (χ1n) is 6.54. The van der Waals surface area contributed by atoms with Crippen LogP contribution in [0.2, 0.25) is 0 Å². The molecule has 0 aliphatic heterocycles. The minimum absolute atomic E-state index is 0.334. The zero-order valence-electron chi connectivity index (χ0n) is 10.5. The molecule has 0 radical (unpaired) electrons. The van der Waals surface area contributed by atoms with Gasteiger partial charge < -0.3 is 10.6 Å². The standard InChI is InChI=1S/C13H16F3N3/c14-13(15,16)12-5-11(10(17)6-18-12)19(9-3-4-9)7-8-1-2-8/h5-6,8-9H,1-4,7,17H2. The van der Waals surface area contributed by atoms with Crippen molar-refractivity contribution in [2.24, 2.45) is 5.92 Å². The SMILES string of the molecule is Nc1cnc(C(F)(F)F)cc1N(CC1CC1)C1CC1. The zero-order valence-corrected chi connectivity index (χ0v) is 10.5. The van der Waals surface area contributed by atoms with Gasteiger partial charge in [0, 0.05) is 12.6 Å². The lowest BCUT2D eigenvalue weighted by molar-refractivity contribution is -0.141. The van der Waals surface area contributed by atoms with Crippen molar-refractivity contribution in [3.63, 3.8) is 0 Å². The maximum atomic E-state index is 12.7. The van der Waals surface area contributed by atoms with Crippen LogP contribution in [0.3, 0.4) is 0 Å². The van der Waals surface area contributed by atoms with Gasteiger partial charge in [-0.25, -0.2) is 4.98 Å². The Bertz CT molecular complexity index is 479. The first kappa shape index (κ1) is 12.6. The minimum Gasteiger partial charge on any atom is -0.396 e. The van der Waals surface area contributed by atoms with Crippen molar-refractivity contribution in [3.8, 4) is 0 Å². The number of nitrogens with two attached hydrogens (primary N) is 1. The molecule has 2 saturated carbocycles. The first-order chi connectivity index (χ1) is 8.95. The summed E-state index contributed by atoms with van der Waals surface area (Å²) in [7, 11) is 0. The number of nitrogen functional groups attached to an aromatic ring is 1. The average molecular weight is 271 g/mol. The monoisotopic (exact) mass is 271 g/mol. The van der Waals surface area contributed by atoms with Crippen LogP contribution in [0, 0.1) is 5.92 Å². The molecule has 3 nitrogen and oxygen atoms in total. The predicted octanol–water partition coefficient (Wildman–Crippen LogP) is 3.06. The highest BCUT2D eigenvalue weighted by molar-refractivity contribution is 5.68. The number of alkyl halides is 3. The van der Waals surface area contributed by atoms with E-state index in [-0.39, 0.29) is 0 Å². The van der Waals surface area contributed by atoms with Crippen LogP contribution in [0.5, 0.6) is 0 Å². The molecule has 0 unspecified atom stereocenters. The van der Waals surface area contributed by atoms with Gasteiger partial charge in [0.15, 0.2) is 0 Å². The number of hydrogen-bond donors (Lipinski definition) is 1. The van der Waals surface area contributed by atoms with E-state index in [1.165, 1.54) is 12.8 Å². The number of rotatable bonds is 4. The number of hydrogen-bond acceptors (Lipinski definition) is 3. The predicted molar refractivity (Wildman–Crippen MR) is 66.7 cm³/mol. The Morgan fingerprint density at radius 2 is 1.95 bits per heavy atom. The quantitative estimate of drug-likeness (QED) is 0.915. The molecule has 2 fully saturated rings. The Morgan fingerprint density at radius 3 is 2.47 bits per heavy atom. The molecule has 6 heteroatoms. The summed E-state index contributed by atoms with van der Waals surface area (Å²) in [5.41, 5.74) is 5.79. The van der Waals surface area contributed by atoms with E-state index in [1.807, 2.05) is 4.90 Å². The maximum Gasteiger partial charge on any atom is 0.433 e. The molecular weight excluding hydrogens is 255 g/mol. The normalized spacial score (nSPS) is 19.5. The van der Waals surface area contributed by atoms with Crippen molar-refractivity contribution >= 4 is 11.4 Å². The van der Waals surface area contributed by atoms with E-state index >= 15 is 0 Å². The lowest BCUT2D eigenvalue weighted by Gasteiger charge is -2.26. The zero-order chi connectivity index (χ0) is 13.6. The van der Waals surface area contributed by atoms with Gasteiger partial charge in [-0.2, -0.15) is 13.2 Å². The van der Waals surface area contributed by atoms with Crippen molar-refractivity contribution < 1.29 is 13.2 Å². The Morgan fingerprint density at radius 1 is 1.26 bits per heavy atom. The third kappa shape index (κ3) is 2.77. The molecule has 104 valence electrons. The van der Waals surface area contributed by atoms with E-state index in [0.29, 0.717) is 23.3 Å². The van der Waals surface area contributed by atoms with Crippen LogP contribution in [0.1, 0.15) is 31.4 Å². The van der Waals surface area contributed by atoms with Crippen LogP contribution in [-0.4, -0.2) is 17.6 Å². The van der Waals surface area contributed by atoms with Crippen molar-refractivity contribution in [2.45, 2.75) is 37.9 Å². The van der Waals surface area contributed by atoms with Gasteiger partial charge in [-0.05, 0) is 37.7 Å². The topological polar surface area (TPSA) is 42.1 Å². The lowest BCUT2D eigenvalue weighted by atomic mass is 10.2. The van der Waals surface area contributed by atoms with Gasteiger partial charge in [0.1, 0.15) is 5.69 Å². The van der Waals surface area contributed by atoms with E-state index in [9.17, 15) is 13.2 Å². The molecule has 0 saturated heterocycles. The highest BCUT2D eigenvalue weighted by atomic mass is 19.4. The Balaban J connectivity index is 1.91. The van der Waals surface area contributed by atoms with Crippen molar-refractivity contribution in [3.05, 3.63) is 18.0 Å². The molecule has 2 aliphatic rings. The second-order valence-corrected chi connectivity index (χ2v) is 5.45. The number of anilines is 2. The number of nitrogens with zero attached hydrogens (tertiary/aromatic N) is 2. The van der Waals surface area contributed by atoms with Crippen LogP contribution >= 0.6 is 0 Å². The van der Waals surface area contributed by atoms with Crippen LogP contribution in [0.4, 0.5) is 24.5 Å². The van der Waals surface area contributed by atoms with Gasteiger partial charge in [0.25, 0.3) is 0 Å². The molecule has 0 amide bonds. The number of halogens is 3. The number of pyridine rings is 1. The molecular formula is C13H16F3N3. The second-order valence-electron chi connectivity index (χ2n) is 5.45. The van der Waals surface area contributed by atoms with Crippen LogP contribution in [-0.2, 0) is 6.18 Å². The van der Waals surface area contributed by atoms with Crippen LogP contribution in [0.15, 0.2) is 12.3 Å².